The van der Waals surface area contributed by atoms with Crippen molar-refractivity contribution in [2.45, 2.75) is 31.9 Å². The zero-order valence-electron chi connectivity index (χ0n) is 11.2. The van der Waals surface area contributed by atoms with Gasteiger partial charge in [-0.05, 0) is 49.6 Å². The summed E-state index contributed by atoms with van der Waals surface area (Å²) in [6, 6.07) is 3.31. The molecule has 1 aliphatic heterocycles. The lowest BCUT2D eigenvalue weighted by Gasteiger charge is -2.28. The van der Waals surface area contributed by atoms with Gasteiger partial charge >= 0.3 is 0 Å². The zero-order valence-corrected chi connectivity index (χ0v) is 11.2. The molecule has 0 aliphatic carbocycles. The van der Waals surface area contributed by atoms with E-state index in [2.05, 4.69) is 12.2 Å². The molecule has 1 atom stereocenters. The van der Waals surface area contributed by atoms with Crippen LogP contribution in [0.15, 0.2) is 12.1 Å². The molecule has 1 aromatic carbocycles. The summed E-state index contributed by atoms with van der Waals surface area (Å²) < 4.78 is 24.1. The second-order valence-corrected chi connectivity index (χ2v) is 4.94. The summed E-state index contributed by atoms with van der Waals surface area (Å²) in [5, 5.41) is 3.45. The molecule has 1 aromatic rings. The van der Waals surface area contributed by atoms with E-state index in [0.29, 0.717) is 6.61 Å². The van der Waals surface area contributed by atoms with Gasteiger partial charge in [-0.3, -0.25) is 0 Å². The lowest BCUT2D eigenvalue weighted by atomic mass is 9.87. The van der Waals surface area contributed by atoms with Gasteiger partial charge < -0.3 is 14.8 Å². The minimum absolute atomic E-state index is 0.166. The Morgan fingerprint density at radius 3 is 2.72 bits per heavy atom. The average molecular weight is 253 g/mol. The Morgan fingerprint density at radius 2 is 2.17 bits per heavy atom. The van der Waals surface area contributed by atoms with Crippen LogP contribution in [0.1, 0.15) is 30.9 Å². The van der Waals surface area contributed by atoms with Crippen molar-refractivity contribution >= 4 is 0 Å². The van der Waals surface area contributed by atoms with Crippen LogP contribution in [-0.2, 0) is 16.9 Å². The molecular weight excluding hydrogens is 233 g/mol. The van der Waals surface area contributed by atoms with E-state index in [0.717, 1.165) is 30.5 Å². The summed E-state index contributed by atoms with van der Waals surface area (Å²) in [5.74, 6) is -0.0466. The van der Waals surface area contributed by atoms with Crippen molar-refractivity contribution in [3.8, 4) is 5.75 Å². The highest BCUT2D eigenvalue weighted by molar-refractivity contribution is 5.41. The van der Waals surface area contributed by atoms with E-state index in [9.17, 15) is 4.39 Å². The predicted octanol–water partition coefficient (Wildman–Crippen LogP) is 2.58. The Kier molecular flexibility index (Phi) is 3.88. The van der Waals surface area contributed by atoms with Gasteiger partial charge in [0.25, 0.3) is 0 Å². The highest BCUT2D eigenvalue weighted by atomic mass is 19.1. The van der Waals surface area contributed by atoms with Crippen LogP contribution >= 0.6 is 0 Å². The first-order chi connectivity index (χ1) is 8.60. The summed E-state index contributed by atoms with van der Waals surface area (Å²) in [6.45, 7) is 3.54. The maximum Gasteiger partial charge on any atom is 0.165 e. The van der Waals surface area contributed by atoms with Crippen LogP contribution in [0.2, 0.25) is 0 Å². The van der Waals surface area contributed by atoms with Gasteiger partial charge in [-0.15, -0.1) is 0 Å². The van der Waals surface area contributed by atoms with E-state index in [1.165, 1.54) is 7.11 Å². The van der Waals surface area contributed by atoms with Gasteiger partial charge in [0, 0.05) is 12.6 Å². The minimum Gasteiger partial charge on any atom is -0.494 e. The maximum absolute atomic E-state index is 13.9. The number of benzene rings is 1. The molecule has 2 rings (SSSR count). The molecule has 18 heavy (non-hydrogen) atoms. The predicted molar refractivity (Wildman–Crippen MR) is 68.3 cm³/mol. The largest absolute Gasteiger partial charge is 0.494 e. The number of rotatable bonds is 4. The number of hydrogen-bond acceptors (Lipinski definition) is 3. The summed E-state index contributed by atoms with van der Waals surface area (Å²) in [4.78, 5) is 0. The smallest absolute Gasteiger partial charge is 0.165 e. The van der Waals surface area contributed by atoms with Gasteiger partial charge in [0.1, 0.15) is 0 Å². The molecular formula is C14H20FNO2. The van der Waals surface area contributed by atoms with Crippen molar-refractivity contribution in [2.75, 3.05) is 20.8 Å². The third kappa shape index (κ3) is 2.35. The molecule has 0 saturated carbocycles. The summed E-state index contributed by atoms with van der Waals surface area (Å²) in [7, 11) is 3.12. The molecule has 0 bridgehead atoms. The van der Waals surface area contributed by atoms with Crippen LogP contribution in [0.4, 0.5) is 4.39 Å². The summed E-state index contributed by atoms with van der Waals surface area (Å²) in [5.41, 5.74) is 1.79. The Balaban J connectivity index is 2.47. The van der Waals surface area contributed by atoms with Gasteiger partial charge in [-0.25, -0.2) is 4.39 Å². The van der Waals surface area contributed by atoms with Crippen LogP contribution < -0.4 is 10.1 Å². The number of methoxy groups -OCH3 is 2. The fourth-order valence-electron chi connectivity index (χ4n) is 2.66. The second-order valence-electron chi connectivity index (χ2n) is 4.94. The monoisotopic (exact) mass is 253 g/mol. The fourth-order valence-corrected chi connectivity index (χ4v) is 2.66. The van der Waals surface area contributed by atoms with Crippen molar-refractivity contribution in [3.05, 3.63) is 29.1 Å². The van der Waals surface area contributed by atoms with E-state index in [-0.39, 0.29) is 17.1 Å². The Bertz CT molecular complexity index is 428. The van der Waals surface area contributed by atoms with Crippen LogP contribution in [0.3, 0.4) is 0 Å². The molecule has 4 heteroatoms. The summed E-state index contributed by atoms with van der Waals surface area (Å²) >= 11 is 0. The molecule has 1 aliphatic rings. The SMILES string of the molecule is COCc1cc(OC)c(F)cc1C1(C)CCCN1. The molecule has 100 valence electrons. The average Bonchev–Trinajstić information content (AvgIpc) is 2.79. The van der Waals surface area contributed by atoms with Crippen molar-refractivity contribution in [1.82, 2.24) is 5.32 Å². The third-order valence-electron chi connectivity index (χ3n) is 3.64. The highest BCUT2D eigenvalue weighted by Crippen LogP contribution is 2.35. The van der Waals surface area contributed by atoms with Crippen LogP contribution in [0, 0.1) is 5.82 Å². The van der Waals surface area contributed by atoms with E-state index in [4.69, 9.17) is 9.47 Å². The summed E-state index contributed by atoms with van der Waals surface area (Å²) in [6.07, 6.45) is 2.12. The van der Waals surface area contributed by atoms with E-state index in [1.807, 2.05) is 0 Å². The van der Waals surface area contributed by atoms with Crippen molar-refractivity contribution < 1.29 is 13.9 Å². The van der Waals surface area contributed by atoms with Gasteiger partial charge in [0.2, 0.25) is 0 Å². The first-order valence-electron chi connectivity index (χ1n) is 6.21. The van der Waals surface area contributed by atoms with Crippen molar-refractivity contribution in [3.63, 3.8) is 0 Å². The fraction of sp³-hybridized carbons (Fsp3) is 0.571. The molecule has 0 radical (unpaired) electrons. The minimum atomic E-state index is -0.317. The first-order valence-corrected chi connectivity index (χ1v) is 6.21. The normalized spacial score (nSPS) is 23.3. The highest BCUT2D eigenvalue weighted by Gasteiger charge is 2.32. The molecule has 1 heterocycles. The van der Waals surface area contributed by atoms with Gasteiger partial charge in [0.15, 0.2) is 11.6 Å². The molecule has 1 fully saturated rings. The Morgan fingerprint density at radius 1 is 1.39 bits per heavy atom. The van der Waals surface area contributed by atoms with Crippen LogP contribution in [0.25, 0.3) is 0 Å². The molecule has 1 N–H and O–H groups in total. The lowest BCUT2D eigenvalue weighted by molar-refractivity contribution is 0.182. The third-order valence-corrected chi connectivity index (χ3v) is 3.64. The number of nitrogens with one attached hydrogen (secondary N) is 1. The Labute approximate surface area is 107 Å². The van der Waals surface area contributed by atoms with Gasteiger partial charge in [-0.1, -0.05) is 0 Å². The molecule has 0 spiro atoms. The number of ether oxygens (including phenoxy) is 2. The quantitative estimate of drug-likeness (QED) is 0.894. The van der Waals surface area contributed by atoms with E-state index >= 15 is 0 Å². The van der Waals surface area contributed by atoms with Crippen molar-refractivity contribution in [2.24, 2.45) is 0 Å². The van der Waals surface area contributed by atoms with Gasteiger partial charge in [0.05, 0.1) is 13.7 Å². The molecule has 1 unspecified atom stereocenters. The topological polar surface area (TPSA) is 30.5 Å². The number of halogens is 1. The second kappa shape index (κ2) is 5.24. The van der Waals surface area contributed by atoms with Crippen molar-refractivity contribution in [1.29, 1.82) is 0 Å². The molecule has 3 nitrogen and oxygen atoms in total. The standard InChI is InChI=1S/C14H20FNO2/c1-14(5-4-6-16-14)11-8-12(15)13(18-3)7-10(11)9-17-2/h7-8,16H,4-6,9H2,1-3H3. The maximum atomic E-state index is 13.9. The number of hydrogen-bond donors (Lipinski definition) is 1. The molecule has 1 saturated heterocycles. The first kappa shape index (κ1) is 13.3. The van der Waals surface area contributed by atoms with E-state index < -0.39 is 0 Å². The lowest BCUT2D eigenvalue weighted by Crippen LogP contribution is -2.34. The van der Waals surface area contributed by atoms with Crippen LogP contribution in [0.5, 0.6) is 5.75 Å². The Hall–Kier alpha value is -1.13. The van der Waals surface area contributed by atoms with E-state index in [1.54, 1.807) is 19.2 Å². The molecule has 0 amide bonds. The van der Waals surface area contributed by atoms with Crippen LogP contribution in [-0.4, -0.2) is 20.8 Å². The van der Waals surface area contributed by atoms with Gasteiger partial charge in [-0.2, -0.15) is 0 Å². The molecule has 0 aromatic heterocycles. The zero-order chi connectivity index (χ0) is 13.2.